The Bertz CT molecular complexity index is 1050. The summed E-state index contributed by atoms with van der Waals surface area (Å²) in [5.41, 5.74) is 4.45. The summed E-state index contributed by atoms with van der Waals surface area (Å²) in [7, 11) is 1.30. The second-order valence-electron chi connectivity index (χ2n) is 8.52. The predicted molar refractivity (Wildman–Crippen MR) is 109 cm³/mol. The number of para-hydroxylation sites is 1. The number of anilines is 1. The molecular formula is C21H23N5O6. The third-order valence-electron chi connectivity index (χ3n) is 6.34. The Labute approximate surface area is 183 Å². The van der Waals surface area contributed by atoms with Crippen LogP contribution in [0.4, 0.5) is 10.5 Å². The number of amides is 4. The fourth-order valence-corrected chi connectivity index (χ4v) is 4.33. The monoisotopic (exact) mass is 441 g/mol. The molecular weight excluding hydrogens is 418 g/mol. The number of fused-ring (bicyclic) bond motifs is 1. The van der Waals surface area contributed by atoms with Crippen LogP contribution < -0.4 is 15.8 Å². The SMILES string of the molecule is CN(C(=O)O)C(CC1CC1)C(=O)N1C[C@@]2(C[C@H]1C(N)=O)Oc1c(C#N)cccc1NC2=O. The van der Waals surface area contributed by atoms with Crippen molar-refractivity contribution in [3.05, 3.63) is 23.8 Å². The lowest BCUT2D eigenvalue weighted by atomic mass is 9.96. The van der Waals surface area contributed by atoms with Crippen molar-refractivity contribution in [2.75, 3.05) is 18.9 Å². The summed E-state index contributed by atoms with van der Waals surface area (Å²) in [5, 5.41) is 21.5. The second-order valence-corrected chi connectivity index (χ2v) is 8.52. The molecule has 11 nitrogen and oxygen atoms in total. The van der Waals surface area contributed by atoms with E-state index in [2.05, 4.69) is 5.32 Å². The van der Waals surface area contributed by atoms with Crippen LogP contribution in [0.15, 0.2) is 18.2 Å². The Morgan fingerprint density at radius 2 is 2.16 bits per heavy atom. The van der Waals surface area contributed by atoms with Gasteiger partial charge < -0.3 is 25.8 Å². The third-order valence-corrected chi connectivity index (χ3v) is 6.34. The fraction of sp³-hybridized carbons (Fsp3) is 0.476. The minimum Gasteiger partial charge on any atom is -0.472 e. The number of carboxylic acid groups (broad SMARTS) is 1. The minimum absolute atomic E-state index is 0.157. The van der Waals surface area contributed by atoms with Crippen LogP contribution in [0.3, 0.4) is 0 Å². The number of likely N-dealkylation sites (N-methyl/N-ethyl adjacent to an activating group) is 1. The first-order chi connectivity index (χ1) is 15.2. The van der Waals surface area contributed by atoms with Gasteiger partial charge in [-0.1, -0.05) is 18.9 Å². The summed E-state index contributed by atoms with van der Waals surface area (Å²) in [6.45, 7) is -0.293. The summed E-state index contributed by atoms with van der Waals surface area (Å²) < 4.78 is 5.99. The van der Waals surface area contributed by atoms with E-state index in [-0.39, 0.29) is 30.2 Å². The lowest BCUT2D eigenvalue weighted by molar-refractivity contribution is -0.142. The maximum Gasteiger partial charge on any atom is 0.407 e. The Kier molecular flexibility index (Phi) is 5.16. The van der Waals surface area contributed by atoms with Crippen LogP contribution in [0.5, 0.6) is 5.75 Å². The molecule has 1 aromatic rings. The van der Waals surface area contributed by atoms with Crippen molar-refractivity contribution in [3.63, 3.8) is 0 Å². The van der Waals surface area contributed by atoms with Crippen LogP contribution in [0.1, 0.15) is 31.2 Å². The van der Waals surface area contributed by atoms with Gasteiger partial charge in [0.15, 0.2) is 5.75 Å². The van der Waals surface area contributed by atoms with Crippen LogP contribution in [-0.2, 0) is 14.4 Å². The zero-order valence-electron chi connectivity index (χ0n) is 17.4. The van der Waals surface area contributed by atoms with E-state index in [9.17, 15) is 29.5 Å². The molecule has 4 N–H and O–H groups in total. The molecule has 168 valence electrons. The van der Waals surface area contributed by atoms with Crippen molar-refractivity contribution < 1.29 is 29.0 Å². The first-order valence-electron chi connectivity index (χ1n) is 10.3. The molecule has 11 heteroatoms. The molecule has 0 aromatic heterocycles. The number of rotatable bonds is 5. The number of nitrogens with zero attached hydrogens (tertiary/aromatic N) is 3. The number of carbonyl (C=O) groups is 4. The second kappa shape index (κ2) is 7.71. The predicted octanol–water partition coefficient (Wildman–Crippen LogP) is 0.493. The highest BCUT2D eigenvalue weighted by Crippen LogP contribution is 2.42. The average Bonchev–Trinajstić information content (AvgIpc) is 3.49. The van der Waals surface area contributed by atoms with Gasteiger partial charge in [-0.15, -0.1) is 0 Å². The summed E-state index contributed by atoms with van der Waals surface area (Å²) in [5.74, 6) is -1.60. The van der Waals surface area contributed by atoms with Gasteiger partial charge in [0.2, 0.25) is 17.4 Å². The van der Waals surface area contributed by atoms with Crippen LogP contribution >= 0.6 is 0 Å². The smallest absolute Gasteiger partial charge is 0.407 e. The van der Waals surface area contributed by atoms with Gasteiger partial charge in [0.05, 0.1) is 17.8 Å². The molecule has 0 bridgehead atoms. The molecule has 3 atom stereocenters. The van der Waals surface area contributed by atoms with Crippen LogP contribution in [-0.4, -0.2) is 70.0 Å². The number of benzene rings is 1. The number of likely N-dealkylation sites (tertiary alicyclic amines) is 1. The molecule has 2 aliphatic heterocycles. The first kappa shape index (κ1) is 21.4. The van der Waals surface area contributed by atoms with E-state index in [0.717, 1.165) is 22.6 Å². The van der Waals surface area contributed by atoms with Gasteiger partial charge in [-0.3, -0.25) is 19.3 Å². The van der Waals surface area contributed by atoms with E-state index in [1.54, 1.807) is 12.1 Å². The Hall–Kier alpha value is -3.81. The molecule has 2 fully saturated rings. The van der Waals surface area contributed by atoms with Crippen LogP contribution in [0.25, 0.3) is 0 Å². The van der Waals surface area contributed by atoms with E-state index < -0.39 is 41.5 Å². The summed E-state index contributed by atoms with van der Waals surface area (Å²) in [4.78, 5) is 52.3. The molecule has 1 saturated heterocycles. The largest absolute Gasteiger partial charge is 0.472 e. The highest BCUT2D eigenvalue weighted by molar-refractivity contribution is 6.03. The number of primary amides is 1. The molecule has 1 unspecified atom stereocenters. The number of hydrogen-bond acceptors (Lipinski definition) is 6. The van der Waals surface area contributed by atoms with Crippen molar-refractivity contribution >= 4 is 29.5 Å². The van der Waals surface area contributed by atoms with E-state index in [1.165, 1.54) is 13.1 Å². The van der Waals surface area contributed by atoms with Gasteiger partial charge in [0.1, 0.15) is 18.2 Å². The van der Waals surface area contributed by atoms with Gasteiger partial charge in [-0.05, 0) is 24.5 Å². The number of nitriles is 1. The normalized spacial score (nSPS) is 24.7. The molecule has 1 aliphatic carbocycles. The summed E-state index contributed by atoms with van der Waals surface area (Å²) >= 11 is 0. The number of carbonyl (C=O) groups excluding carboxylic acids is 3. The maximum absolute atomic E-state index is 13.4. The lowest BCUT2D eigenvalue weighted by Gasteiger charge is -2.35. The van der Waals surface area contributed by atoms with E-state index in [4.69, 9.17) is 10.5 Å². The molecule has 4 amide bonds. The topological polar surface area (TPSA) is 166 Å². The number of ether oxygens (including phenoxy) is 1. The fourth-order valence-electron chi connectivity index (χ4n) is 4.33. The Morgan fingerprint density at radius 3 is 2.75 bits per heavy atom. The maximum atomic E-state index is 13.4. The number of hydrogen-bond donors (Lipinski definition) is 3. The van der Waals surface area contributed by atoms with Gasteiger partial charge in [0.25, 0.3) is 5.91 Å². The average molecular weight is 441 g/mol. The van der Waals surface area contributed by atoms with Crippen molar-refractivity contribution in [3.8, 4) is 11.8 Å². The molecule has 1 aromatic carbocycles. The summed E-state index contributed by atoms with van der Waals surface area (Å²) in [6.07, 6.45) is 0.656. The molecule has 4 rings (SSSR count). The molecule has 1 spiro atoms. The standard InChI is InChI=1S/C21H23N5O6/c1-25(20(30)31)14(7-11-5-6-11)18(28)26-10-21(8-15(26)17(23)27)19(29)24-13-4-2-3-12(9-22)16(13)32-21/h2-4,11,14-15H,5-8,10H2,1H3,(H2,23,27)(H,24,29)(H,30,31)/t14?,15-,21+/m0/s1. The first-order valence-corrected chi connectivity index (χ1v) is 10.3. The molecule has 2 heterocycles. The van der Waals surface area contributed by atoms with Crippen LogP contribution in [0.2, 0.25) is 0 Å². The van der Waals surface area contributed by atoms with E-state index in [0.29, 0.717) is 12.1 Å². The van der Waals surface area contributed by atoms with Gasteiger partial charge in [-0.2, -0.15) is 5.26 Å². The Balaban J connectivity index is 1.67. The quantitative estimate of drug-likeness (QED) is 0.598. The molecule has 3 aliphatic rings. The molecule has 32 heavy (non-hydrogen) atoms. The van der Waals surface area contributed by atoms with Gasteiger partial charge in [0, 0.05) is 13.5 Å². The Morgan fingerprint density at radius 1 is 1.44 bits per heavy atom. The highest BCUT2D eigenvalue weighted by atomic mass is 16.5. The van der Waals surface area contributed by atoms with E-state index >= 15 is 0 Å². The van der Waals surface area contributed by atoms with Crippen molar-refractivity contribution in [2.24, 2.45) is 11.7 Å². The zero-order valence-corrected chi connectivity index (χ0v) is 17.4. The molecule has 1 saturated carbocycles. The zero-order chi connectivity index (χ0) is 23.2. The van der Waals surface area contributed by atoms with Gasteiger partial charge in [-0.25, -0.2) is 4.79 Å². The molecule has 0 radical (unpaired) electrons. The number of nitrogens with two attached hydrogens (primary N) is 1. The highest BCUT2D eigenvalue weighted by Gasteiger charge is 2.58. The van der Waals surface area contributed by atoms with E-state index in [1.807, 2.05) is 6.07 Å². The van der Waals surface area contributed by atoms with Gasteiger partial charge >= 0.3 is 6.09 Å². The van der Waals surface area contributed by atoms with Crippen LogP contribution in [0, 0.1) is 17.2 Å². The van der Waals surface area contributed by atoms with Crippen molar-refractivity contribution in [1.29, 1.82) is 5.26 Å². The summed E-state index contributed by atoms with van der Waals surface area (Å²) in [6, 6.07) is 4.54. The minimum atomic E-state index is -1.62. The van der Waals surface area contributed by atoms with Crippen molar-refractivity contribution in [1.82, 2.24) is 9.80 Å². The number of nitrogens with one attached hydrogen (secondary N) is 1. The lowest BCUT2D eigenvalue weighted by Crippen LogP contribution is -2.55. The van der Waals surface area contributed by atoms with Crippen molar-refractivity contribution in [2.45, 2.75) is 43.4 Å². The third kappa shape index (κ3) is 3.57.